The topological polar surface area (TPSA) is 38.8 Å². The van der Waals surface area contributed by atoms with E-state index in [2.05, 4.69) is 6.58 Å². The molecule has 0 aliphatic rings. The summed E-state index contributed by atoms with van der Waals surface area (Å²) < 4.78 is 5.42. The van der Waals surface area contributed by atoms with Gasteiger partial charge in [-0.05, 0) is 37.1 Å². The van der Waals surface area contributed by atoms with Crippen LogP contribution in [0.4, 0.5) is 4.79 Å². The molecule has 2 aromatic carbocycles. The molecular formula is C19H23NO3. The van der Waals surface area contributed by atoms with Gasteiger partial charge in [0.2, 0.25) is 0 Å². The van der Waals surface area contributed by atoms with Gasteiger partial charge in [0.05, 0.1) is 7.11 Å². The first-order valence-corrected chi connectivity index (χ1v) is 7.54. The molecule has 23 heavy (non-hydrogen) atoms. The monoisotopic (exact) mass is 313 g/mol. The Morgan fingerprint density at radius 3 is 2.43 bits per heavy atom. The molecule has 0 aliphatic carbocycles. The van der Waals surface area contributed by atoms with Gasteiger partial charge in [0.1, 0.15) is 11.6 Å². The van der Waals surface area contributed by atoms with Crippen LogP contribution in [0.25, 0.3) is 10.8 Å². The van der Waals surface area contributed by atoms with Crippen LogP contribution in [0.15, 0.2) is 55.1 Å². The van der Waals surface area contributed by atoms with Crippen LogP contribution >= 0.6 is 0 Å². The molecular weight excluding hydrogens is 290 g/mol. The van der Waals surface area contributed by atoms with Crippen LogP contribution in [0, 0.1) is 0 Å². The van der Waals surface area contributed by atoms with E-state index >= 15 is 0 Å². The summed E-state index contributed by atoms with van der Waals surface area (Å²) in [5.74, 6) is 0. The van der Waals surface area contributed by atoms with Crippen LogP contribution in [-0.4, -0.2) is 23.9 Å². The molecule has 0 saturated heterocycles. The highest BCUT2D eigenvalue weighted by Crippen LogP contribution is 2.30. The molecule has 0 fully saturated rings. The number of hydrogen-bond acceptors (Lipinski definition) is 3. The molecule has 4 heteroatoms. The summed E-state index contributed by atoms with van der Waals surface area (Å²) in [6, 6.07) is 13.5. The smallest absolute Gasteiger partial charge is 0.435 e. The second kappa shape index (κ2) is 6.84. The van der Waals surface area contributed by atoms with Gasteiger partial charge in [-0.3, -0.25) is 4.84 Å². The fraction of sp³-hybridized carbons (Fsp3) is 0.316. The van der Waals surface area contributed by atoms with Gasteiger partial charge in [-0.15, -0.1) is 6.58 Å². The van der Waals surface area contributed by atoms with Crippen LogP contribution in [0.1, 0.15) is 32.4 Å². The number of ether oxygens (including phenoxy) is 1. The summed E-state index contributed by atoms with van der Waals surface area (Å²) in [5.41, 5.74) is 0.337. The number of nitrogens with zero attached hydrogens (tertiary/aromatic N) is 1. The molecule has 0 unspecified atom stereocenters. The lowest BCUT2D eigenvalue weighted by Crippen LogP contribution is -2.38. The SMILES string of the molecule is C=C[C@H](c1cccc2ccccc12)N(OC)C(=O)OC(C)(C)C. The Morgan fingerprint density at radius 2 is 1.83 bits per heavy atom. The number of carbonyl (C=O) groups is 1. The normalized spacial score (nSPS) is 12.7. The number of hydrogen-bond donors (Lipinski definition) is 0. The Kier molecular flexibility index (Phi) is 5.06. The van der Waals surface area contributed by atoms with Crippen LogP contribution in [-0.2, 0) is 9.57 Å². The number of amides is 1. The fourth-order valence-electron chi connectivity index (χ4n) is 2.47. The number of hydroxylamine groups is 2. The average molecular weight is 313 g/mol. The van der Waals surface area contributed by atoms with Gasteiger partial charge in [0.25, 0.3) is 0 Å². The second-order valence-electron chi connectivity index (χ2n) is 6.24. The third-order valence-corrected chi connectivity index (χ3v) is 3.39. The maximum absolute atomic E-state index is 12.4. The molecule has 0 spiro atoms. The molecule has 2 aromatic rings. The van der Waals surface area contributed by atoms with E-state index in [1.54, 1.807) is 6.08 Å². The van der Waals surface area contributed by atoms with Gasteiger partial charge >= 0.3 is 6.09 Å². The summed E-state index contributed by atoms with van der Waals surface area (Å²) in [4.78, 5) is 17.7. The Morgan fingerprint density at radius 1 is 1.17 bits per heavy atom. The first-order chi connectivity index (χ1) is 10.9. The van der Waals surface area contributed by atoms with Gasteiger partial charge in [0, 0.05) is 0 Å². The van der Waals surface area contributed by atoms with Gasteiger partial charge in [0.15, 0.2) is 0 Å². The summed E-state index contributed by atoms with van der Waals surface area (Å²) in [6.07, 6.45) is 1.13. The van der Waals surface area contributed by atoms with Crippen molar-refractivity contribution >= 4 is 16.9 Å². The van der Waals surface area contributed by atoms with Crippen molar-refractivity contribution in [3.05, 3.63) is 60.7 Å². The zero-order valence-corrected chi connectivity index (χ0v) is 14.1. The van der Waals surface area contributed by atoms with Crippen LogP contribution in [0.5, 0.6) is 0 Å². The van der Waals surface area contributed by atoms with Crippen molar-refractivity contribution in [3.63, 3.8) is 0 Å². The predicted octanol–water partition coefficient (Wildman–Crippen LogP) is 4.87. The van der Waals surface area contributed by atoms with Crippen molar-refractivity contribution in [3.8, 4) is 0 Å². The third-order valence-electron chi connectivity index (χ3n) is 3.39. The summed E-state index contributed by atoms with van der Waals surface area (Å²) in [6.45, 7) is 9.32. The highest BCUT2D eigenvalue weighted by atomic mass is 16.7. The molecule has 0 bridgehead atoms. The molecule has 0 radical (unpaired) electrons. The predicted molar refractivity (Wildman–Crippen MR) is 92.0 cm³/mol. The minimum atomic E-state index is -0.599. The average Bonchev–Trinajstić information content (AvgIpc) is 2.50. The molecule has 0 heterocycles. The van der Waals surface area contributed by atoms with E-state index in [4.69, 9.17) is 9.57 Å². The lowest BCUT2D eigenvalue weighted by molar-refractivity contribution is -0.140. The maximum atomic E-state index is 12.4. The quantitative estimate of drug-likeness (QED) is 0.597. The van der Waals surface area contributed by atoms with Crippen molar-refractivity contribution < 1.29 is 14.4 Å². The lowest BCUT2D eigenvalue weighted by Gasteiger charge is -2.30. The van der Waals surface area contributed by atoms with E-state index in [9.17, 15) is 4.79 Å². The highest BCUT2D eigenvalue weighted by molar-refractivity contribution is 5.86. The maximum Gasteiger partial charge on any atom is 0.435 e. The summed E-state index contributed by atoms with van der Waals surface area (Å²) in [7, 11) is 1.45. The second-order valence-corrected chi connectivity index (χ2v) is 6.24. The molecule has 0 saturated carbocycles. The number of rotatable bonds is 4. The lowest BCUT2D eigenvalue weighted by atomic mass is 9.98. The van der Waals surface area contributed by atoms with Crippen molar-refractivity contribution in [2.75, 3.05) is 7.11 Å². The van der Waals surface area contributed by atoms with Gasteiger partial charge in [-0.2, -0.15) is 5.06 Å². The molecule has 122 valence electrons. The number of benzene rings is 2. The third kappa shape index (κ3) is 3.90. The molecule has 1 amide bonds. The molecule has 1 atom stereocenters. The summed E-state index contributed by atoms with van der Waals surface area (Å²) in [5, 5.41) is 3.35. The van der Waals surface area contributed by atoms with Crippen molar-refractivity contribution in [2.24, 2.45) is 0 Å². The zero-order valence-electron chi connectivity index (χ0n) is 14.1. The number of fused-ring (bicyclic) bond motifs is 1. The Balaban J connectivity index is 2.43. The molecule has 2 rings (SSSR count). The van der Waals surface area contributed by atoms with Gasteiger partial charge in [-0.25, -0.2) is 4.79 Å². The first kappa shape index (κ1) is 17.0. The Bertz CT molecular complexity index is 698. The molecule has 0 aromatic heterocycles. The Hall–Kier alpha value is -2.33. The van der Waals surface area contributed by atoms with Crippen LogP contribution in [0.2, 0.25) is 0 Å². The van der Waals surface area contributed by atoms with E-state index in [-0.39, 0.29) is 0 Å². The first-order valence-electron chi connectivity index (χ1n) is 7.54. The molecule has 0 N–H and O–H groups in total. The van der Waals surface area contributed by atoms with E-state index in [0.717, 1.165) is 16.3 Å². The Labute approximate surface area is 137 Å². The van der Waals surface area contributed by atoms with Gasteiger partial charge in [-0.1, -0.05) is 48.5 Å². The minimum absolute atomic E-state index is 0.444. The minimum Gasteiger partial charge on any atom is -0.442 e. The van der Waals surface area contributed by atoms with E-state index in [1.807, 2.05) is 63.2 Å². The largest absolute Gasteiger partial charge is 0.442 e. The molecule has 0 aliphatic heterocycles. The van der Waals surface area contributed by atoms with E-state index < -0.39 is 17.7 Å². The van der Waals surface area contributed by atoms with E-state index in [0.29, 0.717) is 0 Å². The summed E-state index contributed by atoms with van der Waals surface area (Å²) >= 11 is 0. The van der Waals surface area contributed by atoms with Gasteiger partial charge < -0.3 is 4.74 Å². The highest BCUT2D eigenvalue weighted by Gasteiger charge is 2.29. The fourth-order valence-corrected chi connectivity index (χ4v) is 2.47. The van der Waals surface area contributed by atoms with E-state index in [1.165, 1.54) is 12.2 Å². The number of carbonyl (C=O) groups excluding carboxylic acids is 1. The van der Waals surface area contributed by atoms with Crippen molar-refractivity contribution in [1.82, 2.24) is 5.06 Å². The zero-order chi connectivity index (χ0) is 17.0. The van der Waals surface area contributed by atoms with Crippen LogP contribution in [0.3, 0.4) is 0 Å². The molecule has 4 nitrogen and oxygen atoms in total. The standard InChI is InChI=1S/C19H23NO3/c1-6-17(20(22-5)18(21)23-19(2,3)4)16-13-9-11-14-10-7-8-12-15(14)16/h6-13,17H,1H2,2-5H3/t17-/m1/s1. The van der Waals surface area contributed by atoms with Crippen LogP contribution < -0.4 is 0 Å². The van der Waals surface area contributed by atoms with Crippen molar-refractivity contribution in [1.29, 1.82) is 0 Å². The van der Waals surface area contributed by atoms with Crippen molar-refractivity contribution in [2.45, 2.75) is 32.4 Å².